The van der Waals surface area contributed by atoms with E-state index in [0.717, 1.165) is 31.5 Å². The molecule has 0 radical (unpaired) electrons. The van der Waals surface area contributed by atoms with Gasteiger partial charge < -0.3 is 10.2 Å². The molecule has 1 amide bonds. The van der Waals surface area contributed by atoms with Gasteiger partial charge in [0.15, 0.2) is 0 Å². The fraction of sp³-hybridized carbons (Fsp3) is 0.500. The topological polar surface area (TPSA) is 32.3 Å². The maximum absolute atomic E-state index is 11.9. The summed E-state index contributed by atoms with van der Waals surface area (Å²) in [6.45, 7) is 1.08. The van der Waals surface area contributed by atoms with E-state index in [1.54, 1.807) is 0 Å². The molecule has 1 aliphatic carbocycles. The van der Waals surface area contributed by atoms with E-state index < -0.39 is 0 Å². The van der Waals surface area contributed by atoms with Gasteiger partial charge in [-0.05, 0) is 37.0 Å². The number of hydrogen-bond donors (Lipinski definition) is 1. The molecule has 0 bridgehead atoms. The van der Waals surface area contributed by atoms with Gasteiger partial charge >= 0.3 is 0 Å². The molecule has 1 aliphatic heterocycles. The number of hydrogen-bond acceptors (Lipinski definition) is 2. The first kappa shape index (κ1) is 10.6. The maximum atomic E-state index is 11.9. The van der Waals surface area contributed by atoms with E-state index in [1.165, 1.54) is 17.7 Å². The van der Waals surface area contributed by atoms with Crippen molar-refractivity contribution in [3.05, 3.63) is 23.8 Å². The Morgan fingerprint density at radius 3 is 2.94 bits per heavy atom. The standard InChI is InChI=1S/C14H18N2O/c1-16-8-7-10-5-6-12(9-13(10)16)15-14(17)11-3-2-4-11/h5-6,9,11H,2-4,7-8H2,1H3,(H,15,17). The van der Waals surface area contributed by atoms with Crippen LogP contribution in [0.15, 0.2) is 18.2 Å². The van der Waals surface area contributed by atoms with Gasteiger partial charge in [-0.1, -0.05) is 12.5 Å². The fourth-order valence-electron chi connectivity index (χ4n) is 2.53. The van der Waals surface area contributed by atoms with Crippen molar-refractivity contribution in [2.24, 2.45) is 5.92 Å². The molecule has 0 unspecified atom stereocenters. The van der Waals surface area contributed by atoms with Gasteiger partial charge in [0.2, 0.25) is 5.91 Å². The van der Waals surface area contributed by atoms with Crippen LogP contribution < -0.4 is 10.2 Å². The number of benzene rings is 1. The summed E-state index contributed by atoms with van der Waals surface area (Å²) in [5.41, 5.74) is 3.58. The van der Waals surface area contributed by atoms with Gasteiger partial charge in [0.25, 0.3) is 0 Å². The molecule has 1 heterocycles. The monoisotopic (exact) mass is 230 g/mol. The van der Waals surface area contributed by atoms with Crippen LogP contribution in [-0.2, 0) is 11.2 Å². The molecule has 1 aromatic rings. The number of amides is 1. The van der Waals surface area contributed by atoms with Crippen molar-refractivity contribution in [2.75, 3.05) is 23.8 Å². The van der Waals surface area contributed by atoms with Crippen LogP contribution in [0.3, 0.4) is 0 Å². The van der Waals surface area contributed by atoms with Gasteiger partial charge in [-0.2, -0.15) is 0 Å². The van der Waals surface area contributed by atoms with Gasteiger partial charge in [-0.3, -0.25) is 4.79 Å². The third-order valence-corrected chi connectivity index (χ3v) is 3.96. The molecule has 2 aliphatic rings. The van der Waals surface area contributed by atoms with Crippen LogP contribution >= 0.6 is 0 Å². The van der Waals surface area contributed by atoms with Crippen molar-refractivity contribution in [3.63, 3.8) is 0 Å². The van der Waals surface area contributed by atoms with Crippen molar-refractivity contribution < 1.29 is 4.79 Å². The van der Waals surface area contributed by atoms with E-state index >= 15 is 0 Å². The Morgan fingerprint density at radius 1 is 1.41 bits per heavy atom. The minimum atomic E-state index is 0.192. The summed E-state index contributed by atoms with van der Waals surface area (Å²) < 4.78 is 0. The predicted molar refractivity (Wildman–Crippen MR) is 69.4 cm³/mol. The minimum absolute atomic E-state index is 0.192. The highest BCUT2D eigenvalue weighted by Gasteiger charge is 2.25. The Kier molecular flexibility index (Phi) is 2.54. The van der Waals surface area contributed by atoms with E-state index in [0.29, 0.717) is 0 Å². The Morgan fingerprint density at radius 2 is 2.24 bits per heavy atom. The number of nitrogens with zero attached hydrogens (tertiary/aromatic N) is 1. The number of fused-ring (bicyclic) bond motifs is 1. The highest BCUT2D eigenvalue weighted by molar-refractivity contribution is 5.93. The third kappa shape index (κ3) is 1.90. The predicted octanol–water partition coefficient (Wildman–Crippen LogP) is 2.42. The zero-order valence-corrected chi connectivity index (χ0v) is 10.2. The van der Waals surface area contributed by atoms with Gasteiger partial charge in [0, 0.05) is 30.9 Å². The van der Waals surface area contributed by atoms with Crippen LogP contribution in [0.5, 0.6) is 0 Å². The van der Waals surface area contributed by atoms with E-state index in [2.05, 4.69) is 29.4 Å². The van der Waals surface area contributed by atoms with Crippen molar-refractivity contribution in [2.45, 2.75) is 25.7 Å². The first-order valence-electron chi connectivity index (χ1n) is 6.39. The molecule has 17 heavy (non-hydrogen) atoms. The second kappa shape index (κ2) is 4.06. The molecule has 1 aromatic carbocycles. The lowest BCUT2D eigenvalue weighted by Crippen LogP contribution is -2.28. The molecule has 1 N–H and O–H groups in total. The van der Waals surface area contributed by atoms with Crippen molar-refractivity contribution in [1.82, 2.24) is 0 Å². The number of nitrogens with one attached hydrogen (secondary N) is 1. The highest BCUT2D eigenvalue weighted by atomic mass is 16.1. The summed E-state index contributed by atoms with van der Waals surface area (Å²) in [5.74, 6) is 0.442. The minimum Gasteiger partial charge on any atom is -0.374 e. The van der Waals surface area contributed by atoms with Crippen molar-refractivity contribution in [1.29, 1.82) is 0 Å². The summed E-state index contributed by atoms with van der Waals surface area (Å²) in [6.07, 6.45) is 4.42. The van der Waals surface area contributed by atoms with Gasteiger partial charge in [0.05, 0.1) is 0 Å². The summed E-state index contributed by atoms with van der Waals surface area (Å²) in [6, 6.07) is 6.25. The molecule has 3 rings (SSSR count). The molecule has 0 saturated heterocycles. The highest BCUT2D eigenvalue weighted by Crippen LogP contribution is 2.31. The number of carbonyl (C=O) groups excluding carboxylic acids is 1. The average Bonchev–Trinajstić information content (AvgIpc) is 2.58. The molecule has 0 spiro atoms. The fourth-order valence-corrected chi connectivity index (χ4v) is 2.53. The second-order valence-electron chi connectivity index (χ2n) is 5.13. The first-order valence-corrected chi connectivity index (χ1v) is 6.39. The Balaban J connectivity index is 1.75. The SMILES string of the molecule is CN1CCc2ccc(NC(=O)C3CCC3)cc21. The van der Waals surface area contributed by atoms with Crippen molar-refractivity contribution >= 4 is 17.3 Å². The number of rotatable bonds is 2. The smallest absolute Gasteiger partial charge is 0.227 e. The van der Waals surface area contributed by atoms with E-state index in [4.69, 9.17) is 0 Å². The molecule has 3 nitrogen and oxygen atoms in total. The van der Waals surface area contributed by atoms with E-state index in [9.17, 15) is 4.79 Å². The Hall–Kier alpha value is -1.51. The average molecular weight is 230 g/mol. The van der Waals surface area contributed by atoms with Crippen LogP contribution in [-0.4, -0.2) is 19.5 Å². The molecular weight excluding hydrogens is 212 g/mol. The van der Waals surface area contributed by atoms with E-state index in [1.807, 2.05) is 6.07 Å². The molecule has 0 aromatic heterocycles. The molecule has 90 valence electrons. The lowest BCUT2D eigenvalue weighted by molar-refractivity contribution is -0.122. The number of anilines is 2. The zero-order chi connectivity index (χ0) is 11.8. The Bertz CT molecular complexity index is 452. The normalized spacial score (nSPS) is 18.8. The van der Waals surface area contributed by atoms with Gasteiger partial charge in [0.1, 0.15) is 0 Å². The zero-order valence-electron chi connectivity index (χ0n) is 10.2. The third-order valence-electron chi connectivity index (χ3n) is 3.96. The van der Waals surface area contributed by atoms with Crippen LogP contribution in [0.25, 0.3) is 0 Å². The molecule has 3 heteroatoms. The molecule has 1 saturated carbocycles. The lowest BCUT2D eigenvalue weighted by atomic mass is 9.85. The maximum Gasteiger partial charge on any atom is 0.227 e. The summed E-state index contributed by atoms with van der Waals surface area (Å²) >= 11 is 0. The molecule has 0 atom stereocenters. The van der Waals surface area contributed by atoms with Gasteiger partial charge in [-0.25, -0.2) is 0 Å². The quantitative estimate of drug-likeness (QED) is 0.846. The summed E-state index contributed by atoms with van der Waals surface area (Å²) in [4.78, 5) is 14.1. The largest absolute Gasteiger partial charge is 0.374 e. The van der Waals surface area contributed by atoms with Crippen LogP contribution in [0.4, 0.5) is 11.4 Å². The number of likely N-dealkylation sites (N-methyl/N-ethyl adjacent to an activating group) is 1. The van der Waals surface area contributed by atoms with Crippen LogP contribution in [0.2, 0.25) is 0 Å². The lowest BCUT2D eigenvalue weighted by Gasteiger charge is -2.24. The molecule has 1 fully saturated rings. The molecular formula is C14H18N2O. The summed E-state index contributed by atoms with van der Waals surface area (Å²) in [5, 5.41) is 3.03. The van der Waals surface area contributed by atoms with E-state index in [-0.39, 0.29) is 11.8 Å². The van der Waals surface area contributed by atoms with Crippen LogP contribution in [0, 0.1) is 5.92 Å². The first-order chi connectivity index (χ1) is 8.24. The second-order valence-corrected chi connectivity index (χ2v) is 5.13. The Labute approximate surface area is 102 Å². The van der Waals surface area contributed by atoms with Gasteiger partial charge in [-0.15, -0.1) is 0 Å². The van der Waals surface area contributed by atoms with Crippen LogP contribution in [0.1, 0.15) is 24.8 Å². The summed E-state index contributed by atoms with van der Waals surface area (Å²) in [7, 11) is 2.10. The van der Waals surface area contributed by atoms with Crippen molar-refractivity contribution in [3.8, 4) is 0 Å². The number of carbonyl (C=O) groups is 1.